The van der Waals surface area contributed by atoms with Gasteiger partial charge in [-0.15, -0.1) is 24.8 Å². The predicted octanol–water partition coefficient (Wildman–Crippen LogP) is -8.16. The van der Waals surface area contributed by atoms with Gasteiger partial charge in [-0.1, -0.05) is 0 Å². The monoisotopic (exact) mass is 901 g/mol. The molecule has 0 fully saturated rings. The van der Waals surface area contributed by atoms with E-state index in [-0.39, 0.29) is 201 Å². The number of hydrogen-bond donors (Lipinski definition) is 1. The SMILES string of the molecule is Cl.Cl.N.[Cl-].[Na+].[Na+].[OH-].[U].[U].[U]. The molecule has 0 bridgehead atoms. The first-order valence-corrected chi connectivity index (χ1v) is 0. The van der Waals surface area contributed by atoms with Crippen molar-refractivity contribution in [3.63, 3.8) is 0 Å². The van der Waals surface area contributed by atoms with Gasteiger partial charge in [0.2, 0.25) is 0 Å². The zero-order chi connectivity index (χ0) is 0. The molecule has 52 valence electrons. The minimum absolute atomic E-state index is 0. The summed E-state index contributed by atoms with van der Waals surface area (Å²) < 4.78 is 0. The fourth-order valence-corrected chi connectivity index (χ4v) is 0. The summed E-state index contributed by atoms with van der Waals surface area (Å²) in [6.07, 6.45) is 0. The zero-order valence-corrected chi connectivity index (χ0v) is 24.7. The summed E-state index contributed by atoms with van der Waals surface area (Å²) in [4.78, 5) is 0. The second kappa shape index (κ2) is 82.2. The molecule has 0 aliphatic heterocycles. The predicted molar refractivity (Wildman–Crippen MR) is 21.5 cm³/mol. The first kappa shape index (κ1) is 101. The maximum atomic E-state index is 0. The Morgan fingerprint density at radius 1 is 0.600 bits per heavy atom. The average Bonchev–Trinajstić information content (AvgIpc) is 0. The van der Waals surface area contributed by atoms with Crippen LogP contribution in [0, 0.1) is 93.3 Å². The summed E-state index contributed by atoms with van der Waals surface area (Å²) in [5.74, 6) is 0. The van der Waals surface area contributed by atoms with Crippen molar-refractivity contribution in [2.24, 2.45) is 0 Å². The Kier molecular flexibility index (Phi) is 828. The molecule has 10 heavy (non-hydrogen) atoms. The van der Waals surface area contributed by atoms with Gasteiger partial charge in [0.05, 0.1) is 0 Å². The molecule has 0 rings (SSSR count). The zero-order valence-electron chi connectivity index (χ0n) is 5.85. The average molecular weight is 902 g/mol. The Balaban J connectivity index is 0. The van der Waals surface area contributed by atoms with Crippen LogP contribution in [0.3, 0.4) is 0 Å². The number of hydrogen-bond acceptors (Lipinski definition) is 2. The van der Waals surface area contributed by atoms with Crippen molar-refractivity contribution in [3.05, 3.63) is 0 Å². The summed E-state index contributed by atoms with van der Waals surface area (Å²) in [7, 11) is 0. The standard InChI is InChI=1S/3ClH.H3N.2Na.H2O.3U/h3*1H;1H3;;;1H2;;;/q;;;;2*+1;;;;/p-2. The third-order valence-electron chi connectivity index (χ3n) is 0. The van der Waals surface area contributed by atoms with Crippen molar-refractivity contribution in [2.75, 3.05) is 0 Å². The van der Waals surface area contributed by atoms with Crippen molar-refractivity contribution in [1.82, 2.24) is 6.15 Å². The van der Waals surface area contributed by atoms with Gasteiger partial charge in [-0.3, -0.25) is 0 Å². The molecule has 0 atom stereocenters. The van der Waals surface area contributed by atoms with Gasteiger partial charge in [0.15, 0.2) is 0 Å². The Labute approximate surface area is 196 Å². The van der Waals surface area contributed by atoms with Gasteiger partial charge in [0.25, 0.3) is 0 Å². The smallest absolute Gasteiger partial charge is 1.00 e. The summed E-state index contributed by atoms with van der Waals surface area (Å²) >= 11 is 0. The molecule has 0 amide bonds. The fraction of sp³-hybridized carbons (Fsp3) is 0. The van der Waals surface area contributed by atoms with E-state index in [0.29, 0.717) is 0 Å². The van der Waals surface area contributed by atoms with Crippen molar-refractivity contribution >= 4 is 24.8 Å². The molecular weight excluding hydrogens is 896 g/mol. The molecule has 0 radical (unpaired) electrons. The van der Waals surface area contributed by atoms with Crippen molar-refractivity contribution in [2.45, 2.75) is 0 Å². The van der Waals surface area contributed by atoms with Gasteiger partial charge >= 0.3 is 59.1 Å². The molecule has 0 aromatic rings. The van der Waals surface area contributed by atoms with Gasteiger partial charge in [-0.2, -0.15) is 0 Å². The minimum atomic E-state index is 0. The van der Waals surface area contributed by atoms with Crippen LogP contribution in [0.5, 0.6) is 0 Å². The Bertz CT molecular complexity index is 21.7. The van der Waals surface area contributed by atoms with E-state index in [9.17, 15) is 0 Å². The maximum absolute atomic E-state index is 0. The second-order valence-electron chi connectivity index (χ2n) is 0. The van der Waals surface area contributed by atoms with Crippen LogP contribution in [0.15, 0.2) is 0 Å². The molecule has 10 heteroatoms. The van der Waals surface area contributed by atoms with Crippen LogP contribution >= 0.6 is 24.8 Å². The van der Waals surface area contributed by atoms with Crippen molar-refractivity contribution < 1.29 is 170 Å². The Morgan fingerprint density at radius 2 is 0.600 bits per heavy atom. The molecule has 0 aromatic heterocycles. The van der Waals surface area contributed by atoms with Crippen LogP contribution < -0.4 is 77.7 Å². The van der Waals surface area contributed by atoms with E-state index in [4.69, 9.17) is 0 Å². The molecule has 0 spiro atoms. The van der Waals surface area contributed by atoms with Crippen LogP contribution in [0.4, 0.5) is 0 Å². The van der Waals surface area contributed by atoms with E-state index >= 15 is 0 Å². The third-order valence-corrected chi connectivity index (χ3v) is 0. The van der Waals surface area contributed by atoms with E-state index < -0.39 is 0 Å². The number of halogens is 3. The minimum Gasteiger partial charge on any atom is -1.00 e. The largest absolute Gasteiger partial charge is 1.00 e. The first-order valence-electron chi connectivity index (χ1n) is 0. The van der Waals surface area contributed by atoms with E-state index in [2.05, 4.69) is 0 Å². The van der Waals surface area contributed by atoms with E-state index in [1.807, 2.05) is 0 Å². The molecule has 0 saturated heterocycles. The second-order valence-corrected chi connectivity index (χ2v) is 0. The van der Waals surface area contributed by atoms with Crippen LogP contribution in [0.1, 0.15) is 0 Å². The van der Waals surface area contributed by atoms with Crippen molar-refractivity contribution in [3.8, 4) is 0 Å². The normalized spacial score (nSPS) is 0. The summed E-state index contributed by atoms with van der Waals surface area (Å²) in [6.45, 7) is 0. The molecule has 0 aliphatic carbocycles. The van der Waals surface area contributed by atoms with Crippen LogP contribution in [-0.2, 0) is 0 Å². The molecule has 0 unspecified atom stereocenters. The van der Waals surface area contributed by atoms with E-state index in [0.717, 1.165) is 0 Å². The van der Waals surface area contributed by atoms with Crippen LogP contribution in [-0.4, -0.2) is 5.48 Å². The number of rotatable bonds is 0. The summed E-state index contributed by atoms with van der Waals surface area (Å²) in [6, 6.07) is 0. The first-order chi connectivity index (χ1) is 0. The molecule has 0 saturated carbocycles. The van der Waals surface area contributed by atoms with E-state index in [1.54, 1.807) is 0 Å². The molecule has 0 aliphatic rings. The van der Waals surface area contributed by atoms with Gasteiger partial charge in [0, 0.05) is 93.3 Å². The molecule has 0 heterocycles. The van der Waals surface area contributed by atoms with Crippen LogP contribution in [0.2, 0.25) is 0 Å². The molecule has 2 nitrogen and oxygen atoms in total. The molecular formula is H6Cl3NNa2OU3. The van der Waals surface area contributed by atoms with Gasteiger partial charge in [0.1, 0.15) is 0 Å². The topological polar surface area (TPSA) is 65.0 Å². The van der Waals surface area contributed by atoms with Crippen LogP contribution in [0.25, 0.3) is 0 Å². The maximum Gasteiger partial charge on any atom is 1.00 e. The quantitative estimate of drug-likeness (QED) is 0.246. The van der Waals surface area contributed by atoms with E-state index in [1.165, 1.54) is 0 Å². The fourth-order valence-electron chi connectivity index (χ4n) is 0. The van der Waals surface area contributed by atoms with Gasteiger partial charge < -0.3 is 24.0 Å². The third kappa shape index (κ3) is 66.1. The Hall–Kier alpha value is 5.95. The molecule has 4 N–H and O–H groups in total. The van der Waals surface area contributed by atoms with Crippen molar-refractivity contribution in [1.29, 1.82) is 0 Å². The molecule has 0 aromatic carbocycles. The Morgan fingerprint density at radius 3 is 0.600 bits per heavy atom. The van der Waals surface area contributed by atoms with Gasteiger partial charge in [-0.05, 0) is 0 Å². The summed E-state index contributed by atoms with van der Waals surface area (Å²) in [5, 5.41) is 0. The summed E-state index contributed by atoms with van der Waals surface area (Å²) in [5.41, 5.74) is 0. The van der Waals surface area contributed by atoms with Gasteiger partial charge in [-0.25, -0.2) is 0 Å².